The summed E-state index contributed by atoms with van der Waals surface area (Å²) in [7, 11) is -2.94. The summed E-state index contributed by atoms with van der Waals surface area (Å²) in [5.41, 5.74) is 2.42. The van der Waals surface area contributed by atoms with Crippen LogP contribution in [0.5, 0.6) is 5.75 Å². The van der Waals surface area contributed by atoms with Crippen molar-refractivity contribution in [1.29, 1.82) is 0 Å². The molecule has 0 bridgehead atoms. The molecule has 6 atom stereocenters. The van der Waals surface area contributed by atoms with E-state index < -0.39 is 46.7 Å². The maximum atomic E-state index is 13.6. The second-order valence-corrected chi connectivity index (χ2v) is 12.0. The average Bonchev–Trinajstić information content (AvgIpc) is 3.05. The molecule has 0 heterocycles. The molecule has 1 saturated carbocycles. The number of ether oxygens (including phenoxy) is 4. The minimum Gasteiger partial charge on any atom is -0.497 e. The van der Waals surface area contributed by atoms with E-state index in [1.54, 1.807) is 0 Å². The van der Waals surface area contributed by atoms with E-state index in [1.165, 1.54) is 31.4 Å². The van der Waals surface area contributed by atoms with E-state index in [2.05, 4.69) is 0 Å². The fourth-order valence-corrected chi connectivity index (χ4v) is 6.18. The molecule has 0 aromatic heterocycles. The average molecular weight is 621 g/mol. The van der Waals surface area contributed by atoms with Gasteiger partial charge >= 0.3 is 0 Å². The molecule has 232 valence electrons. The van der Waals surface area contributed by atoms with Crippen LogP contribution in [0.3, 0.4) is 0 Å². The topological polar surface area (TPSA) is 121 Å². The van der Waals surface area contributed by atoms with Gasteiger partial charge in [-0.1, -0.05) is 91.0 Å². The first kappa shape index (κ1) is 31.8. The molecule has 0 radical (unpaired) electrons. The van der Waals surface area contributed by atoms with Crippen LogP contribution in [-0.4, -0.2) is 62.4 Å². The minimum atomic E-state index is -4.41. The van der Waals surface area contributed by atoms with E-state index in [0.717, 1.165) is 16.7 Å². The van der Waals surface area contributed by atoms with Crippen LogP contribution >= 0.6 is 0 Å². The summed E-state index contributed by atoms with van der Waals surface area (Å²) < 4.78 is 56.6. The molecule has 0 amide bonds. The molecular formula is C34H36O9S. The van der Waals surface area contributed by atoms with Gasteiger partial charge in [0.1, 0.15) is 42.4 Å². The van der Waals surface area contributed by atoms with Crippen molar-refractivity contribution in [2.75, 3.05) is 7.11 Å². The standard InChI is InChI=1S/C34H36O9S/c1-39-27-17-19-28(20-18-27)44(37,38)43-34-32(41-22-25-13-7-3-8-14-25)29(35)31(40-21-24-11-5-2-6-12-24)30(36)33(34)42-23-26-15-9-4-10-16-26/h2-20,29-36H,21-23H2,1H3/t29-,30+,31?,32-,33-,34?/m1/s1. The molecular weight excluding hydrogens is 584 g/mol. The zero-order valence-corrected chi connectivity index (χ0v) is 25.0. The summed E-state index contributed by atoms with van der Waals surface area (Å²) in [5, 5.41) is 23.2. The van der Waals surface area contributed by atoms with E-state index >= 15 is 0 Å². The van der Waals surface area contributed by atoms with Gasteiger partial charge < -0.3 is 29.2 Å². The number of hydrogen-bond donors (Lipinski definition) is 2. The lowest BCUT2D eigenvalue weighted by Gasteiger charge is -2.46. The maximum Gasteiger partial charge on any atom is 0.297 e. The quantitative estimate of drug-likeness (QED) is 0.211. The van der Waals surface area contributed by atoms with E-state index in [-0.39, 0.29) is 24.7 Å². The third-order valence-corrected chi connectivity index (χ3v) is 8.76. The Morgan fingerprint density at radius 2 is 0.932 bits per heavy atom. The number of hydrogen-bond acceptors (Lipinski definition) is 9. The minimum absolute atomic E-state index is 0.0396. The molecule has 0 saturated heterocycles. The molecule has 44 heavy (non-hydrogen) atoms. The molecule has 1 aliphatic rings. The second-order valence-electron chi connectivity index (χ2n) is 10.5. The first-order chi connectivity index (χ1) is 21.4. The predicted octanol–water partition coefficient (Wildman–Crippen LogP) is 4.26. The number of rotatable bonds is 13. The normalized spacial score (nSPS) is 23.7. The summed E-state index contributed by atoms with van der Waals surface area (Å²) in [6, 6.07) is 33.5. The van der Waals surface area contributed by atoms with Gasteiger partial charge in [0, 0.05) is 0 Å². The SMILES string of the molecule is COc1ccc(S(=O)(=O)OC2[C@H](OCc3ccccc3)[C@H](O)C(OCc3ccccc3)[C@H](O)[C@H]2OCc2ccccc2)cc1. The Bertz CT molecular complexity index is 1480. The summed E-state index contributed by atoms with van der Waals surface area (Å²) in [4.78, 5) is -0.131. The molecule has 0 aliphatic heterocycles. The third kappa shape index (κ3) is 7.91. The van der Waals surface area contributed by atoms with E-state index in [1.807, 2.05) is 91.0 Å². The second kappa shape index (κ2) is 14.9. The van der Waals surface area contributed by atoms with Crippen molar-refractivity contribution in [3.63, 3.8) is 0 Å². The molecule has 1 fully saturated rings. The monoisotopic (exact) mass is 620 g/mol. The first-order valence-electron chi connectivity index (χ1n) is 14.3. The lowest BCUT2D eigenvalue weighted by molar-refractivity contribution is -0.255. The molecule has 9 nitrogen and oxygen atoms in total. The Kier molecular flexibility index (Phi) is 10.8. The highest BCUT2D eigenvalue weighted by atomic mass is 32.2. The number of benzene rings is 4. The van der Waals surface area contributed by atoms with Crippen LogP contribution < -0.4 is 4.74 Å². The Morgan fingerprint density at radius 1 is 0.545 bits per heavy atom. The van der Waals surface area contributed by atoms with Crippen molar-refractivity contribution in [2.45, 2.75) is 61.3 Å². The highest BCUT2D eigenvalue weighted by molar-refractivity contribution is 7.86. The number of aliphatic hydroxyl groups excluding tert-OH is 2. The van der Waals surface area contributed by atoms with Crippen molar-refractivity contribution in [1.82, 2.24) is 0 Å². The number of methoxy groups -OCH3 is 1. The fraction of sp³-hybridized carbons (Fsp3) is 0.294. The van der Waals surface area contributed by atoms with Gasteiger partial charge in [-0.2, -0.15) is 8.42 Å². The Balaban J connectivity index is 1.48. The van der Waals surface area contributed by atoms with Crippen molar-refractivity contribution in [3.8, 4) is 5.75 Å². The van der Waals surface area contributed by atoms with Gasteiger partial charge in [-0.3, -0.25) is 4.18 Å². The Hall–Kier alpha value is -3.61. The predicted molar refractivity (Wildman–Crippen MR) is 162 cm³/mol. The van der Waals surface area contributed by atoms with Crippen LogP contribution in [0.4, 0.5) is 0 Å². The molecule has 2 unspecified atom stereocenters. The molecule has 4 aromatic rings. The Labute approximate surface area is 257 Å². The van der Waals surface area contributed by atoms with E-state index in [4.69, 9.17) is 23.1 Å². The third-order valence-electron chi connectivity index (χ3n) is 7.44. The van der Waals surface area contributed by atoms with Gasteiger partial charge in [-0.05, 0) is 41.0 Å². The van der Waals surface area contributed by atoms with E-state index in [0.29, 0.717) is 5.75 Å². The van der Waals surface area contributed by atoms with Crippen LogP contribution in [0.1, 0.15) is 16.7 Å². The van der Waals surface area contributed by atoms with Crippen molar-refractivity contribution in [3.05, 3.63) is 132 Å². The molecule has 0 spiro atoms. The molecule has 1 aliphatic carbocycles. The zero-order valence-electron chi connectivity index (χ0n) is 24.2. The lowest BCUT2D eigenvalue weighted by Crippen LogP contribution is -2.66. The fourth-order valence-electron chi connectivity index (χ4n) is 5.09. The summed E-state index contributed by atoms with van der Waals surface area (Å²) in [6.45, 7) is 0.169. The van der Waals surface area contributed by atoms with Crippen LogP contribution in [0.25, 0.3) is 0 Å². The van der Waals surface area contributed by atoms with Crippen molar-refractivity contribution in [2.24, 2.45) is 0 Å². The summed E-state index contributed by atoms with van der Waals surface area (Å²) >= 11 is 0. The highest BCUT2D eigenvalue weighted by Crippen LogP contribution is 2.34. The summed E-state index contributed by atoms with van der Waals surface area (Å²) in [6.07, 6.45) is -8.06. The van der Waals surface area contributed by atoms with Gasteiger partial charge in [0.2, 0.25) is 0 Å². The summed E-state index contributed by atoms with van der Waals surface area (Å²) in [5.74, 6) is 0.471. The van der Waals surface area contributed by atoms with Crippen LogP contribution in [-0.2, 0) is 48.3 Å². The van der Waals surface area contributed by atoms with Crippen LogP contribution in [0.2, 0.25) is 0 Å². The van der Waals surface area contributed by atoms with Gasteiger partial charge in [0.15, 0.2) is 0 Å². The van der Waals surface area contributed by atoms with Gasteiger partial charge in [-0.25, -0.2) is 0 Å². The van der Waals surface area contributed by atoms with Crippen molar-refractivity contribution >= 4 is 10.1 Å². The Morgan fingerprint density at radius 3 is 1.32 bits per heavy atom. The molecule has 5 rings (SSSR count). The molecule has 10 heteroatoms. The molecule has 2 N–H and O–H groups in total. The lowest BCUT2D eigenvalue weighted by atomic mass is 9.84. The smallest absolute Gasteiger partial charge is 0.297 e. The van der Waals surface area contributed by atoms with Gasteiger partial charge in [0.05, 0.1) is 31.8 Å². The van der Waals surface area contributed by atoms with Gasteiger partial charge in [0.25, 0.3) is 10.1 Å². The first-order valence-corrected chi connectivity index (χ1v) is 15.7. The van der Waals surface area contributed by atoms with Gasteiger partial charge in [-0.15, -0.1) is 0 Å². The highest BCUT2D eigenvalue weighted by Gasteiger charge is 2.54. The largest absolute Gasteiger partial charge is 0.497 e. The van der Waals surface area contributed by atoms with E-state index in [9.17, 15) is 18.6 Å². The maximum absolute atomic E-state index is 13.6. The molecule has 4 aromatic carbocycles. The zero-order chi connectivity index (χ0) is 30.9. The van der Waals surface area contributed by atoms with Crippen LogP contribution in [0, 0.1) is 0 Å². The van der Waals surface area contributed by atoms with Crippen molar-refractivity contribution < 1.29 is 41.8 Å². The number of aliphatic hydroxyl groups is 2. The van der Waals surface area contributed by atoms with Crippen LogP contribution in [0.15, 0.2) is 120 Å².